The molecule has 1 aliphatic rings. The van der Waals surface area contributed by atoms with Gasteiger partial charge in [-0.1, -0.05) is 0 Å². The lowest BCUT2D eigenvalue weighted by Crippen LogP contribution is -2.44. The van der Waals surface area contributed by atoms with Gasteiger partial charge in [0, 0.05) is 25.0 Å². The first-order valence-corrected chi connectivity index (χ1v) is 7.43. The monoisotopic (exact) mass is 326 g/mol. The van der Waals surface area contributed by atoms with Gasteiger partial charge < -0.3 is 14.1 Å². The fourth-order valence-corrected chi connectivity index (χ4v) is 2.53. The maximum absolute atomic E-state index is 12.5. The molecule has 0 saturated carbocycles. The van der Waals surface area contributed by atoms with Gasteiger partial charge in [0.25, 0.3) is 11.8 Å². The zero-order valence-electron chi connectivity index (χ0n) is 12.7. The summed E-state index contributed by atoms with van der Waals surface area (Å²) in [6, 6.07) is 4.58. The lowest BCUT2D eigenvalue weighted by molar-refractivity contribution is 0.0523. The van der Waals surface area contributed by atoms with Gasteiger partial charge in [-0.2, -0.15) is 5.26 Å². The highest BCUT2D eigenvalue weighted by molar-refractivity contribution is 5.93. The molecule has 3 rings (SSSR count). The molecule has 0 radical (unpaired) electrons. The zero-order valence-corrected chi connectivity index (χ0v) is 12.7. The molecule has 1 aliphatic heterocycles. The number of amides is 1. The number of ether oxygens (including phenoxy) is 1. The van der Waals surface area contributed by atoms with Gasteiger partial charge in [-0.05, 0) is 18.9 Å². The van der Waals surface area contributed by atoms with Crippen LogP contribution < -0.4 is 10.4 Å². The van der Waals surface area contributed by atoms with E-state index < -0.39 is 5.63 Å². The molecule has 2 aromatic heterocycles. The van der Waals surface area contributed by atoms with E-state index in [1.807, 2.05) is 6.07 Å². The predicted molar refractivity (Wildman–Crippen MR) is 81.3 cm³/mol. The van der Waals surface area contributed by atoms with E-state index in [-0.39, 0.29) is 23.6 Å². The molecule has 1 unspecified atom stereocenters. The Labute approximate surface area is 137 Å². The molecule has 8 heteroatoms. The minimum Gasteiger partial charge on any atom is -0.470 e. The molecule has 0 N–H and O–H groups in total. The highest BCUT2D eigenvalue weighted by Crippen LogP contribution is 2.19. The SMILES string of the molecule is N#Cc1nccnc1OC1CCCN(C(=O)c2ccc(=O)oc2)C1. The minimum absolute atomic E-state index is 0.116. The van der Waals surface area contributed by atoms with Crippen molar-refractivity contribution in [2.24, 2.45) is 0 Å². The summed E-state index contributed by atoms with van der Waals surface area (Å²) in [6.07, 6.45) is 5.26. The molecule has 2 aromatic rings. The summed E-state index contributed by atoms with van der Waals surface area (Å²) in [5.41, 5.74) is -0.0728. The molecule has 1 amide bonds. The molecule has 0 aromatic carbocycles. The van der Waals surface area contributed by atoms with Crippen molar-refractivity contribution in [3.63, 3.8) is 0 Å². The number of hydrogen-bond acceptors (Lipinski definition) is 7. The molecule has 1 fully saturated rings. The second-order valence-electron chi connectivity index (χ2n) is 5.30. The maximum atomic E-state index is 12.5. The number of nitriles is 1. The van der Waals surface area contributed by atoms with Crippen molar-refractivity contribution in [3.8, 4) is 11.9 Å². The van der Waals surface area contributed by atoms with Crippen LogP contribution in [0.3, 0.4) is 0 Å². The number of piperidine rings is 1. The Balaban J connectivity index is 1.70. The lowest BCUT2D eigenvalue weighted by atomic mass is 10.1. The Morgan fingerprint density at radius 1 is 1.38 bits per heavy atom. The zero-order chi connectivity index (χ0) is 16.9. The second kappa shape index (κ2) is 6.91. The van der Waals surface area contributed by atoms with E-state index in [1.165, 1.54) is 24.5 Å². The molecule has 0 bridgehead atoms. The number of likely N-dealkylation sites (tertiary alicyclic amines) is 1. The molecule has 0 aliphatic carbocycles. The van der Waals surface area contributed by atoms with Gasteiger partial charge in [0.15, 0.2) is 0 Å². The number of aromatic nitrogens is 2. The first-order valence-electron chi connectivity index (χ1n) is 7.43. The van der Waals surface area contributed by atoms with E-state index in [1.54, 1.807) is 4.90 Å². The summed E-state index contributed by atoms with van der Waals surface area (Å²) in [4.78, 5) is 33.0. The first kappa shape index (κ1) is 15.7. The van der Waals surface area contributed by atoms with Crippen LogP contribution in [-0.4, -0.2) is 40.0 Å². The summed E-state index contributed by atoms with van der Waals surface area (Å²) in [7, 11) is 0. The third-order valence-electron chi connectivity index (χ3n) is 3.66. The van der Waals surface area contributed by atoms with E-state index >= 15 is 0 Å². The molecule has 3 heterocycles. The van der Waals surface area contributed by atoms with Crippen LogP contribution in [0.15, 0.2) is 40.0 Å². The van der Waals surface area contributed by atoms with Crippen molar-refractivity contribution < 1.29 is 13.9 Å². The van der Waals surface area contributed by atoms with E-state index in [0.717, 1.165) is 19.1 Å². The van der Waals surface area contributed by atoms with Crippen molar-refractivity contribution >= 4 is 5.91 Å². The van der Waals surface area contributed by atoms with E-state index in [2.05, 4.69) is 9.97 Å². The normalized spacial score (nSPS) is 17.1. The van der Waals surface area contributed by atoms with Crippen LogP contribution in [0, 0.1) is 11.3 Å². The topological polar surface area (TPSA) is 109 Å². The van der Waals surface area contributed by atoms with Gasteiger partial charge in [-0.25, -0.2) is 14.8 Å². The average molecular weight is 326 g/mol. The predicted octanol–water partition coefficient (Wildman–Crippen LogP) is 0.985. The van der Waals surface area contributed by atoms with E-state index in [0.29, 0.717) is 18.7 Å². The van der Waals surface area contributed by atoms with Gasteiger partial charge in [-0.3, -0.25) is 4.79 Å². The number of carbonyl (C=O) groups excluding carboxylic acids is 1. The number of carbonyl (C=O) groups is 1. The van der Waals surface area contributed by atoms with E-state index in [9.17, 15) is 9.59 Å². The second-order valence-corrected chi connectivity index (χ2v) is 5.30. The molecule has 122 valence electrons. The fourth-order valence-electron chi connectivity index (χ4n) is 2.53. The Bertz CT molecular complexity index is 822. The van der Waals surface area contributed by atoms with Crippen LogP contribution >= 0.6 is 0 Å². The molecule has 0 spiro atoms. The van der Waals surface area contributed by atoms with Crippen molar-refractivity contribution in [3.05, 3.63) is 52.5 Å². The van der Waals surface area contributed by atoms with Crippen LogP contribution in [0.25, 0.3) is 0 Å². The van der Waals surface area contributed by atoms with Crippen LogP contribution in [0.1, 0.15) is 28.9 Å². The smallest absolute Gasteiger partial charge is 0.335 e. The maximum Gasteiger partial charge on any atom is 0.335 e. The molecule has 8 nitrogen and oxygen atoms in total. The van der Waals surface area contributed by atoms with Gasteiger partial charge >= 0.3 is 5.63 Å². The Kier molecular flexibility index (Phi) is 4.52. The third-order valence-corrected chi connectivity index (χ3v) is 3.66. The van der Waals surface area contributed by atoms with Crippen molar-refractivity contribution in [1.82, 2.24) is 14.9 Å². The summed E-state index contributed by atoms with van der Waals surface area (Å²) < 4.78 is 10.5. The summed E-state index contributed by atoms with van der Waals surface area (Å²) in [5, 5.41) is 9.03. The van der Waals surface area contributed by atoms with Gasteiger partial charge in [0.05, 0.1) is 12.1 Å². The van der Waals surface area contributed by atoms with E-state index in [4.69, 9.17) is 14.4 Å². The molecular formula is C16H14N4O4. The standard InChI is InChI=1S/C16H14N4O4/c17-8-13-15(19-6-5-18-13)24-12-2-1-7-20(9-12)16(22)11-3-4-14(21)23-10-11/h3-6,10,12H,1-2,7,9H2. The number of rotatable bonds is 3. The minimum atomic E-state index is -0.502. The quantitative estimate of drug-likeness (QED) is 0.827. The third kappa shape index (κ3) is 3.41. The Morgan fingerprint density at radius 3 is 2.96 bits per heavy atom. The van der Waals surface area contributed by atoms with Gasteiger partial charge in [0.2, 0.25) is 5.69 Å². The molecule has 24 heavy (non-hydrogen) atoms. The molecular weight excluding hydrogens is 312 g/mol. The largest absolute Gasteiger partial charge is 0.470 e. The van der Waals surface area contributed by atoms with Crippen LogP contribution in [0.5, 0.6) is 5.88 Å². The first-order chi connectivity index (χ1) is 11.7. The summed E-state index contributed by atoms with van der Waals surface area (Å²) in [6.45, 7) is 0.947. The summed E-state index contributed by atoms with van der Waals surface area (Å²) in [5.74, 6) is -0.0586. The van der Waals surface area contributed by atoms with Gasteiger partial charge in [0.1, 0.15) is 18.4 Å². The van der Waals surface area contributed by atoms with Crippen LogP contribution in [-0.2, 0) is 0 Å². The van der Waals surface area contributed by atoms with Crippen molar-refractivity contribution in [2.75, 3.05) is 13.1 Å². The molecule has 1 atom stereocenters. The number of nitrogens with zero attached hydrogens (tertiary/aromatic N) is 4. The Morgan fingerprint density at radius 2 is 2.21 bits per heavy atom. The average Bonchev–Trinajstić information content (AvgIpc) is 2.62. The summed E-state index contributed by atoms with van der Waals surface area (Å²) >= 11 is 0. The van der Waals surface area contributed by atoms with Crippen LogP contribution in [0.2, 0.25) is 0 Å². The van der Waals surface area contributed by atoms with Crippen molar-refractivity contribution in [1.29, 1.82) is 5.26 Å². The molecule has 1 saturated heterocycles. The van der Waals surface area contributed by atoms with Gasteiger partial charge in [-0.15, -0.1) is 0 Å². The highest BCUT2D eigenvalue weighted by Gasteiger charge is 2.27. The lowest BCUT2D eigenvalue weighted by Gasteiger charge is -2.32. The van der Waals surface area contributed by atoms with Crippen molar-refractivity contribution in [2.45, 2.75) is 18.9 Å². The number of hydrogen-bond donors (Lipinski definition) is 0. The Hall–Kier alpha value is -3.21. The highest BCUT2D eigenvalue weighted by atomic mass is 16.5. The fraction of sp³-hybridized carbons (Fsp3) is 0.312. The van der Waals surface area contributed by atoms with Crippen LogP contribution in [0.4, 0.5) is 0 Å².